The summed E-state index contributed by atoms with van der Waals surface area (Å²) >= 11 is 5.04. The fraction of sp³-hybridized carbons (Fsp3) is 1.00. The highest BCUT2D eigenvalue weighted by Crippen LogP contribution is 2.25. The summed E-state index contributed by atoms with van der Waals surface area (Å²) < 4.78 is 20.2. The van der Waals surface area contributed by atoms with Crippen LogP contribution in [0.5, 0.6) is 0 Å². The highest BCUT2D eigenvalue weighted by Gasteiger charge is 2.41. The summed E-state index contributed by atoms with van der Waals surface area (Å²) in [6, 6.07) is 0.935. The lowest BCUT2D eigenvalue weighted by molar-refractivity contribution is 0.0464. The lowest BCUT2D eigenvalue weighted by atomic mass is 10.0. The Hall–Kier alpha value is 0.447. The Bertz CT molecular complexity index is 566. The van der Waals surface area contributed by atoms with Gasteiger partial charge in [0.2, 0.25) is 0 Å². The van der Waals surface area contributed by atoms with Gasteiger partial charge >= 0.3 is 8.80 Å². The van der Waals surface area contributed by atoms with E-state index < -0.39 is 8.80 Å². The minimum absolute atomic E-state index is 0.386. The van der Waals surface area contributed by atoms with Crippen LogP contribution >= 0.6 is 12.6 Å². The fourth-order valence-corrected chi connectivity index (χ4v) is 9.59. The standard InChI is InChI=1S/C42H88O3SSi/c1-6-10-13-16-19-22-25-28-31-34-37-43-47(39-9-4,44-38-35-32-29-26-23-20-17-14-11-7-2)45-40-41(5)42(46)36-33-30-27-24-21-18-15-12-8-3/h41-42,46H,6-40H2,1-5H3. The molecule has 3 nitrogen and oxygen atoms in total. The average molecular weight is 701 g/mol. The third-order valence-electron chi connectivity index (χ3n) is 10.0. The van der Waals surface area contributed by atoms with Gasteiger partial charge in [0, 0.05) is 31.1 Å². The number of rotatable bonds is 40. The topological polar surface area (TPSA) is 27.7 Å². The van der Waals surface area contributed by atoms with Crippen molar-refractivity contribution in [3.63, 3.8) is 0 Å². The first kappa shape index (κ1) is 47.4. The van der Waals surface area contributed by atoms with Crippen molar-refractivity contribution in [2.24, 2.45) is 5.92 Å². The predicted octanol–water partition coefficient (Wildman–Crippen LogP) is 15.1. The molecule has 0 N–H and O–H groups in total. The molecular formula is C42H88O3SSi. The molecule has 0 fully saturated rings. The Morgan fingerprint density at radius 1 is 0.404 bits per heavy atom. The van der Waals surface area contributed by atoms with Crippen molar-refractivity contribution in [2.45, 2.75) is 245 Å². The molecule has 0 radical (unpaired) electrons. The highest BCUT2D eigenvalue weighted by atomic mass is 32.1. The van der Waals surface area contributed by atoms with E-state index in [1.54, 1.807) is 0 Å². The first-order valence-corrected chi connectivity index (χ1v) is 24.1. The van der Waals surface area contributed by atoms with Crippen molar-refractivity contribution in [1.29, 1.82) is 0 Å². The second kappa shape index (κ2) is 37.7. The summed E-state index contributed by atoms with van der Waals surface area (Å²) in [5.74, 6) is 0.415. The molecule has 0 heterocycles. The van der Waals surface area contributed by atoms with Gasteiger partial charge in [-0.1, -0.05) is 214 Å². The van der Waals surface area contributed by atoms with Gasteiger partial charge in [-0.15, -0.1) is 0 Å². The van der Waals surface area contributed by atoms with Crippen LogP contribution in [0.4, 0.5) is 0 Å². The van der Waals surface area contributed by atoms with Crippen molar-refractivity contribution in [1.82, 2.24) is 0 Å². The summed E-state index contributed by atoms with van der Waals surface area (Å²) in [6.07, 6.45) is 41.6. The second-order valence-electron chi connectivity index (χ2n) is 15.0. The molecule has 2 atom stereocenters. The Labute approximate surface area is 304 Å². The van der Waals surface area contributed by atoms with E-state index in [1.165, 1.54) is 180 Å². The third kappa shape index (κ3) is 32.1. The second-order valence-corrected chi connectivity index (χ2v) is 18.4. The third-order valence-corrected chi connectivity index (χ3v) is 13.8. The van der Waals surface area contributed by atoms with Crippen LogP contribution in [0.15, 0.2) is 0 Å². The molecule has 47 heavy (non-hydrogen) atoms. The van der Waals surface area contributed by atoms with Gasteiger partial charge in [0.1, 0.15) is 0 Å². The predicted molar refractivity (Wildman–Crippen MR) is 216 cm³/mol. The minimum Gasteiger partial charge on any atom is -0.373 e. The van der Waals surface area contributed by atoms with Gasteiger partial charge in [-0.25, -0.2) is 0 Å². The van der Waals surface area contributed by atoms with Crippen molar-refractivity contribution in [3.8, 4) is 0 Å². The molecule has 0 saturated carbocycles. The SMILES string of the molecule is CCCCCCCCCCCCO[Si](CCC)(OCCCCCCCCCCCC)OCC(C)C(S)CCCCCCCCCCC. The first-order chi connectivity index (χ1) is 23.0. The fourth-order valence-electron chi connectivity index (χ4n) is 6.60. The van der Waals surface area contributed by atoms with E-state index in [-0.39, 0.29) is 0 Å². The Balaban J connectivity index is 4.61. The summed E-state index contributed by atoms with van der Waals surface area (Å²) in [7, 11) is -2.69. The van der Waals surface area contributed by atoms with Gasteiger partial charge in [-0.3, -0.25) is 0 Å². The van der Waals surface area contributed by atoms with E-state index in [0.29, 0.717) is 17.8 Å². The molecule has 284 valence electrons. The molecule has 0 aliphatic carbocycles. The molecule has 0 aromatic rings. The van der Waals surface area contributed by atoms with Gasteiger partial charge in [0.15, 0.2) is 0 Å². The van der Waals surface area contributed by atoms with Crippen LogP contribution < -0.4 is 0 Å². The smallest absolute Gasteiger partial charge is 0.373 e. The zero-order chi connectivity index (χ0) is 34.5. The molecule has 0 saturated heterocycles. The molecule has 0 amide bonds. The van der Waals surface area contributed by atoms with Gasteiger partial charge in [0.25, 0.3) is 0 Å². The number of hydrogen-bond donors (Lipinski definition) is 1. The Morgan fingerprint density at radius 3 is 1.06 bits per heavy atom. The van der Waals surface area contributed by atoms with Crippen LogP contribution in [-0.2, 0) is 13.3 Å². The quantitative estimate of drug-likeness (QED) is 0.0392. The lowest BCUT2D eigenvalue weighted by Crippen LogP contribution is -2.47. The van der Waals surface area contributed by atoms with E-state index in [2.05, 4.69) is 34.6 Å². The van der Waals surface area contributed by atoms with Gasteiger partial charge in [0.05, 0.1) is 0 Å². The normalized spacial score (nSPS) is 13.4. The zero-order valence-electron chi connectivity index (χ0n) is 33.1. The molecule has 0 aromatic heterocycles. The van der Waals surface area contributed by atoms with Crippen molar-refractivity contribution >= 4 is 21.4 Å². The van der Waals surface area contributed by atoms with Crippen LogP contribution in [0.2, 0.25) is 6.04 Å². The summed E-state index contributed by atoms with van der Waals surface area (Å²) in [4.78, 5) is 0. The molecule has 0 aromatic carbocycles. The maximum Gasteiger partial charge on any atom is 0.500 e. The lowest BCUT2D eigenvalue weighted by Gasteiger charge is -2.32. The van der Waals surface area contributed by atoms with Crippen LogP contribution in [0.3, 0.4) is 0 Å². The number of thiol groups is 1. The Morgan fingerprint density at radius 2 is 0.723 bits per heavy atom. The average Bonchev–Trinajstić information content (AvgIpc) is 3.07. The van der Waals surface area contributed by atoms with Crippen LogP contribution in [0.1, 0.15) is 234 Å². The van der Waals surface area contributed by atoms with Gasteiger partial charge < -0.3 is 13.3 Å². The van der Waals surface area contributed by atoms with E-state index in [0.717, 1.165) is 38.5 Å². The molecule has 5 heteroatoms. The van der Waals surface area contributed by atoms with E-state index in [4.69, 9.17) is 25.9 Å². The summed E-state index contributed by atoms with van der Waals surface area (Å²) in [5, 5.41) is 0.386. The van der Waals surface area contributed by atoms with Crippen LogP contribution in [0, 0.1) is 5.92 Å². The van der Waals surface area contributed by atoms with Gasteiger partial charge in [-0.05, 0) is 25.2 Å². The maximum absolute atomic E-state index is 6.77. The zero-order valence-corrected chi connectivity index (χ0v) is 35.0. The van der Waals surface area contributed by atoms with E-state index >= 15 is 0 Å². The number of unbranched alkanes of at least 4 members (excludes halogenated alkanes) is 26. The highest BCUT2D eigenvalue weighted by molar-refractivity contribution is 7.81. The van der Waals surface area contributed by atoms with Gasteiger partial charge in [-0.2, -0.15) is 12.6 Å². The molecule has 0 rings (SSSR count). The number of hydrogen-bond acceptors (Lipinski definition) is 4. The molecular weight excluding hydrogens is 613 g/mol. The Kier molecular flexibility index (Phi) is 38.1. The van der Waals surface area contributed by atoms with Crippen molar-refractivity contribution < 1.29 is 13.3 Å². The monoisotopic (exact) mass is 701 g/mol. The molecule has 0 aliphatic rings. The maximum atomic E-state index is 6.77. The molecule has 0 aliphatic heterocycles. The molecule has 0 bridgehead atoms. The van der Waals surface area contributed by atoms with Crippen LogP contribution in [0.25, 0.3) is 0 Å². The largest absolute Gasteiger partial charge is 0.500 e. The molecule has 2 unspecified atom stereocenters. The van der Waals surface area contributed by atoms with Crippen molar-refractivity contribution in [3.05, 3.63) is 0 Å². The minimum atomic E-state index is -2.69. The van der Waals surface area contributed by atoms with E-state index in [9.17, 15) is 0 Å². The van der Waals surface area contributed by atoms with Crippen molar-refractivity contribution in [2.75, 3.05) is 19.8 Å². The van der Waals surface area contributed by atoms with E-state index in [1.807, 2.05) is 0 Å². The molecule has 0 spiro atoms. The summed E-state index contributed by atoms with van der Waals surface area (Å²) in [5.41, 5.74) is 0. The van der Waals surface area contributed by atoms with Crippen LogP contribution in [-0.4, -0.2) is 33.9 Å². The summed E-state index contributed by atoms with van der Waals surface area (Å²) in [6.45, 7) is 13.8. The first-order valence-electron chi connectivity index (χ1n) is 21.6.